The molecule has 1 saturated carbocycles. The molecule has 0 spiro atoms. The summed E-state index contributed by atoms with van der Waals surface area (Å²) >= 11 is 0. The highest BCUT2D eigenvalue weighted by atomic mass is 16.2. The number of rotatable bonds is 3. The largest absolute Gasteiger partial charge is 0.323 e. The molecule has 1 heterocycles. The number of ketones is 2. The molecule has 4 rings (SSSR count). The Morgan fingerprint density at radius 1 is 1.00 bits per heavy atom. The van der Waals surface area contributed by atoms with Gasteiger partial charge in [0.15, 0.2) is 0 Å². The maximum absolute atomic E-state index is 12.1. The monoisotopic (exact) mass is 415 g/mol. The Morgan fingerprint density at radius 3 is 2.10 bits per heavy atom. The fraction of sp³-hybridized carbons (Fsp3) is 0.385. The number of hydrogen-bond acceptors (Lipinski definition) is 5. The number of allylic oxidation sites excluding steroid dienone is 2. The number of nitrogens with zero attached hydrogens (tertiary/aromatic N) is 2. The van der Waals surface area contributed by atoms with Gasteiger partial charge in [0.1, 0.15) is 23.2 Å². The van der Waals surface area contributed by atoms with Crippen LogP contribution in [0.5, 0.6) is 0 Å². The topological polar surface area (TPSA) is 85.4 Å². The predicted octanol–water partition coefficient (Wildman–Crippen LogP) is 4.24. The summed E-state index contributed by atoms with van der Waals surface area (Å²) in [4.78, 5) is 28.7. The van der Waals surface area contributed by atoms with Crippen LogP contribution in [0.3, 0.4) is 0 Å². The molecule has 2 aliphatic carbocycles. The molecule has 0 saturated heterocycles. The van der Waals surface area contributed by atoms with Crippen molar-refractivity contribution in [1.29, 1.82) is 0 Å². The first-order chi connectivity index (χ1) is 14.5. The van der Waals surface area contributed by atoms with E-state index in [1.165, 1.54) is 11.1 Å². The number of aromatic nitrogens is 1. The fourth-order valence-corrected chi connectivity index (χ4v) is 4.70. The van der Waals surface area contributed by atoms with Gasteiger partial charge in [-0.3, -0.25) is 14.6 Å². The smallest absolute Gasteiger partial charge is 0.148 e. The lowest BCUT2D eigenvalue weighted by Gasteiger charge is -2.37. The Balaban J connectivity index is 1.76. The Hall–Kier alpha value is -3.08. The van der Waals surface area contributed by atoms with Crippen molar-refractivity contribution in [2.24, 2.45) is 10.9 Å². The first-order valence-electron chi connectivity index (χ1n) is 10.7. The van der Waals surface area contributed by atoms with Crippen LogP contribution in [0.2, 0.25) is 0 Å². The number of nitrogens with two attached hydrogens (primary N) is 1. The first-order valence-corrected chi connectivity index (χ1v) is 10.7. The number of carbonyl (C=O) groups excluding carboxylic acids is 2. The van der Waals surface area contributed by atoms with Crippen LogP contribution >= 0.6 is 0 Å². The lowest BCUT2D eigenvalue weighted by atomic mass is 9.67. The van der Waals surface area contributed by atoms with Crippen molar-refractivity contribution >= 4 is 17.3 Å². The van der Waals surface area contributed by atoms with Gasteiger partial charge < -0.3 is 5.84 Å². The van der Waals surface area contributed by atoms with Crippen LogP contribution in [0.4, 0.5) is 0 Å². The summed E-state index contributed by atoms with van der Waals surface area (Å²) < 4.78 is 0. The van der Waals surface area contributed by atoms with Crippen molar-refractivity contribution in [2.75, 3.05) is 0 Å². The number of fused-ring (bicyclic) bond motifs is 1. The minimum absolute atomic E-state index is 0.0318. The predicted molar refractivity (Wildman–Crippen MR) is 122 cm³/mol. The summed E-state index contributed by atoms with van der Waals surface area (Å²) in [5.41, 5.74) is 6.28. The standard InChI is InChI=1S/C26H29N3O2/c1-15-12-18-19(26(4,5)11-10-25(18,2)3)13-17(15)24(29-27)20-7-6-16(14-28-20)23-21(30)8-9-22(23)31/h6-7,10-14,23H,8-9,27H2,1-5H3/b29-24-. The van der Waals surface area contributed by atoms with Gasteiger partial charge in [0.25, 0.3) is 0 Å². The molecule has 2 N–H and O–H groups in total. The summed E-state index contributed by atoms with van der Waals surface area (Å²) in [5.74, 6) is 5.09. The molecule has 1 aromatic heterocycles. The zero-order chi connectivity index (χ0) is 22.6. The van der Waals surface area contributed by atoms with E-state index in [1.807, 2.05) is 0 Å². The number of hydrazone groups is 1. The average molecular weight is 416 g/mol. The molecule has 1 fully saturated rings. The molecule has 0 atom stereocenters. The van der Waals surface area contributed by atoms with Crippen molar-refractivity contribution in [3.05, 3.63) is 76.1 Å². The van der Waals surface area contributed by atoms with Gasteiger partial charge in [-0.05, 0) is 41.3 Å². The molecule has 2 aliphatic rings. The Morgan fingerprint density at radius 2 is 1.58 bits per heavy atom. The highest BCUT2D eigenvalue weighted by Crippen LogP contribution is 2.42. The molecule has 2 aromatic rings. The van der Waals surface area contributed by atoms with Gasteiger partial charge in [0.2, 0.25) is 0 Å². The van der Waals surface area contributed by atoms with E-state index in [0.717, 1.165) is 11.1 Å². The van der Waals surface area contributed by atoms with Gasteiger partial charge in [0, 0.05) is 35.4 Å². The van der Waals surface area contributed by atoms with Gasteiger partial charge in [-0.15, -0.1) is 0 Å². The van der Waals surface area contributed by atoms with Crippen molar-refractivity contribution in [1.82, 2.24) is 4.98 Å². The molecule has 5 heteroatoms. The number of aryl methyl sites for hydroxylation is 1. The van der Waals surface area contributed by atoms with Crippen molar-refractivity contribution in [3.8, 4) is 0 Å². The third-order valence-electron chi connectivity index (χ3n) is 6.68. The molecule has 0 unspecified atom stereocenters. The molecular weight excluding hydrogens is 386 g/mol. The highest BCUT2D eigenvalue weighted by Gasteiger charge is 2.35. The minimum Gasteiger partial charge on any atom is -0.323 e. The first kappa shape index (κ1) is 21.2. The maximum Gasteiger partial charge on any atom is 0.148 e. The number of carbonyl (C=O) groups is 2. The van der Waals surface area contributed by atoms with E-state index in [-0.39, 0.29) is 22.4 Å². The van der Waals surface area contributed by atoms with Gasteiger partial charge >= 0.3 is 0 Å². The molecule has 0 bridgehead atoms. The molecule has 1 aromatic carbocycles. The van der Waals surface area contributed by atoms with Gasteiger partial charge in [0.05, 0.1) is 5.69 Å². The number of benzene rings is 1. The van der Waals surface area contributed by atoms with Gasteiger partial charge in [-0.2, -0.15) is 5.10 Å². The normalized spacial score (nSPS) is 20.2. The van der Waals surface area contributed by atoms with Crippen LogP contribution in [-0.2, 0) is 20.4 Å². The second-order valence-electron chi connectivity index (χ2n) is 9.81. The molecule has 0 radical (unpaired) electrons. The molecule has 0 amide bonds. The van der Waals surface area contributed by atoms with Crippen molar-refractivity contribution < 1.29 is 9.59 Å². The highest BCUT2D eigenvalue weighted by molar-refractivity contribution is 6.14. The number of pyridine rings is 1. The van der Waals surface area contributed by atoms with E-state index in [2.05, 4.69) is 69.0 Å². The van der Waals surface area contributed by atoms with E-state index in [1.54, 1.807) is 18.3 Å². The molecule has 5 nitrogen and oxygen atoms in total. The van der Waals surface area contributed by atoms with Crippen LogP contribution in [0.25, 0.3) is 0 Å². The van der Waals surface area contributed by atoms with Crippen LogP contribution < -0.4 is 5.84 Å². The third-order valence-corrected chi connectivity index (χ3v) is 6.68. The summed E-state index contributed by atoms with van der Waals surface area (Å²) in [6.07, 6.45) is 6.77. The van der Waals surface area contributed by atoms with Crippen LogP contribution in [0, 0.1) is 6.92 Å². The second-order valence-corrected chi connectivity index (χ2v) is 9.81. The Labute approximate surface area is 183 Å². The molecular formula is C26H29N3O2. The van der Waals surface area contributed by atoms with Gasteiger partial charge in [-0.1, -0.05) is 52.0 Å². The van der Waals surface area contributed by atoms with Crippen molar-refractivity contribution in [2.45, 2.75) is 64.2 Å². The van der Waals surface area contributed by atoms with Gasteiger partial charge in [-0.25, -0.2) is 0 Å². The second kappa shape index (κ2) is 7.26. The zero-order valence-electron chi connectivity index (χ0n) is 18.8. The molecule has 31 heavy (non-hydrogen) atoms. The quantitative estimate of drug-likeness (QED) is 0.267. The summed E-state index contributed by atoms with van der Waals surface area (Å²) in [5, 5.41) is 4.08. The number of hydrogen-bond donors (Lipinski definition) is 1. The maximum atomic E-state index is 12.1. The lowest BCUT2D eigenvalue weighted by Crippen LogP contribution is -2.30. The minimum atomic E-state index is -0.680. The zero-order valence-corrected chi connectivity index (χ0v) is 18.8. The summed E-state index contributed by atoms with van der Waals surface area (Å²) in [6, 6.07) is 8.00. The van der Waals surface area contributed by atoms with E-state index >= 15 is 0 Å². The van der Waals surface area contributed by atoms with E-state index in [4.69, 9.17) is 5.84 Å². The average Bonchev–Trinajstić information content (AvgIpc) is 3.06. The molecule has 160 valence electrons. The summed E-state index contributed by atoms with van der Waals surface area (Å²) in [7, 11) is 0. The number of Topliss-reactive ketones (excluding diaryl/α,β-unsaturated/α-hetero) is 2. The fourth-order valence-electron chi connectivity index (χ4n) is 4.70. The lowest BCUT2D eigenvalue weighted by molar-refractivity contribution is -0.123. The van der Waals surface area contributed by atoms with E-state index in [0.29, 0.717) is 29.8 Å². The SMILES string of the molecule is Cc1cc2c(cc1/C(=N/N)c1ccc(C3C(=O)CCC3=O)cn1)C(C)(C)C=CC2(C)C. The summed E-state index contributed by atoms with van der Waals surface area (Å²) in [6.45, 7) is 10.9. The van der Waals surface area contributed by atoms with Crippen molar-refractivity contribution in [3.63, 3.8) is 0 Å². The Bertz CT molecular complexity index is 1120. The molecule has 0 aliphatic heterocycles. The van der Waals surface area contributed by atoms with Crippen LogP contribution in [0.15, 0.2) is 47.7 Å². The Kier molecular flexibility index (Phi) is 4.95. The van der Waals surface area contributed by atoms with E-state index < -0.39 is 5.92 Å². The van der Waals surface area contributed by atoms with Crippen LogP contribution in [0.1, 0.15) is 80.0 Å². The van der Waals surface area contributed by atoms with E-state index in [9.17, 15) is 9.59 Å². The van der Waals surface area contributed by atoms with Crippen LogP contribution in [-0.4, -0.2) is 22.3 Å². The third kappa shape index (κ3) is 3.52.